The monoisotopic (exact) mass is 256 g/mol. The zero-order chi connectivity index (χ0) is 13.4. The molecule has 0 aromatic heterocycles. The minimum absolute atomic E-state index is 0.0363. The largest absolute Gasteiger partial charge is 0.365 e. The Kier molecular flexibility index (Phi) is 7.28. The zero-order valence-electron chi connectivity index (χ0n) is 12.0. The molecule has 1 rings (SSSR count). The van der Waals surface area contributed by atoms with Crippen molar-refractivity contribution in [1.82, 2.24) is 10.6 Å². The summed E-state index contributed by atoms with van der Waals surface area (Å²) in [6.07, 6.45) is 5.46. The van der Waals surface area contributed by atoms with Gasteiger partial charge in [-0.2, -0.15) is 0 Å². The highest BCUT2D eigenvalue weighted by molar-refractivity contribution is 5.80. The predicted molar refractivity (Wildman–Crippen MR) is 73.6 cm³/mol. The van der Waals surface area contributed by atoms with Crippen LogP contribution in [0.2, 0.25) is 0 Å². The molecule has 2 N–H and O–H groups in total. The molecule has 0 heterocycles. The fourth-order valence-electron chi connectivity index (χ4n) is 2.39. The lowest BCUT2D eigenvalue weighted by molar-refractivity contribution is -0.136. The minimum Gasteiger partial charge on any atom is -0.365 e. The van der Waals surface area contributed by atoms with Gasteiger partial charge in [0.2, 0.25) is 5.91 Å². The van der Waals surface area contributed by atoms with Gasteiger partial charge in [-0.3, -0.25) is 4.79 Å². The van der Waals surface area contributed by atoms with Gasteiger partial charge in [-0.15, -0.1) is 0 Å². The zero-order valence-corrected chi connectivity index (χ0v) is 12.0. The Hall–Kier alpha value is -0.610. The van der Waals surface area contributed by atoms with Gasteiger partial charge in [0, 0.05) is 12.6 Å². The highest BCUT2D eigenvalue weighted by Crippen LogP contribution is 2.22. The van der Waals surface area contributed by atoms with Crippen LogP contribution in [0, 0.1) is 0 Å². The smallest absolute Gasteiger partial charge is 0.249 e. The number of rotatable bonds is 8. The first-order valence-electron chi connectivity index (χ1n) is 7.33. The molecule has 1 unspecified atom stereocenters. The summed E-state index contributed by atoms with van der Waals surface area (Å²) in [5.74, 6) is 0.0363. The molecule has 18 heavy (non-hydrogen) atoms. The van der Waals surface area contributed by atoms with E-state index in [4.69, 9.17) is 4.74 Å². The van der Waals surface area contributed by atoms with E-state index in [0.717, 1.165) is 25.8 Å². The fourth-order valence-corrected chi connectivity index (χ4v) is 2.39. The minimum atomic E-state index is -0.276. The molecule has 2 atom stereocenters. The lowest BCUT2D eigenvalue weighted by Gasteiger charge is -2.21. The number of carbonyl (C=O) groups is 1. The average Bonchev–Trinajstić information content (AvgIpc) is 2.86. The summed E-state index contributed by atoms with van der Waals surface area (Å²) in [7, 11) is 0. The number of carbonyl (C=O) groups excluding carboxylic acids is 1. The second-order valence-electron chi connectivity index (χ2n) is 5.14. The van der Waals surface area contributed by atoms with E-state index in [1.807, 2.05) is 6.92 Å². The first-order valence-corrected chi connectivity index (χ1v) is 7.33. The van der Waals surface area contributed by atoms with Gasteiger partial charge in [0.15, 0.2) is 0 Å². The van der Waals surface area contributed by atoms with Crippen LogP contribution in [0.15, 0.2) is 0 Å². The summed E-state index contributed by atoms with van der Waals surface area (Å²) < 4.78 is 5.88. The fraction of sp³-hybridized carbons (Fsp3) is 0.929. The molecular weight excluding hydrogens is 228 g/mol. The molecule has 0 aromatic carbocycles. The molecule has 1 aliphatic carbocycles. The Labute approximate surface area is 111 Å². The van der Waals surface area contributed by atoms with Crippen molar-refractivity contribution >= 4 is 5.91 Å². The van der Waals surface area contributed by atoms with Crippen LogP contribution in [0.3, 0.4) is 0 Å². The van der Waals surface area contributed by atoms with Crippen molar-refractivity contribution in [1.29, 1.82) is 0 Å². The second kappa shape index (κ2) is 8.48. The SMILES string of the molecule is CCN[C@H](C)CNC(=O)C(CC)OC1CCCC1. The summed E-state index contributed by atoms with van der Waals surface area (Å²) >= 11 is 0. The Morgan fingerprint density at radius 3 is 2.56 bits per heavy atom. The second-order valence-corrected chi connectivity index (χ2v) is 5.14. The molecule has 0 bridgehead atoms. The van der Waals surface area contributed by atoms with Crippen molar-refractivity contribution in [2.45, 2.75) is 71.1 Å². The van der Waals surface area contributed by atoms with Gasteiger partial charge >= 0.3 is 0 Å². The normalized spacial score (nSPS) is 19.7. The molecule has 1 amide bonds. The van der Waals surface area contributed by atoms with Gasteiger partial charge in [-0.1, -0.05) is 26.7 Å². The van der Waals surface area contributed by atoms with E-state index in [0.29, 0.717) is 18.7 Å². The molecule has 4 heteroatoms. The van der Waals surface area contributed by atoms with Gasteiger partial charge in [-0.25, -0.2) is 0 Å². The molecule has 4 nitrogen and oxygen atoms in total. The molecule has 0 spiro atoms. The molecule has 1 aliphatic rings. The number of hydrogen-bond acceptors (Lipinski definition) is 3. The standard InChI is InChI=1S/C14H28N2O2/c1-4-13(18-12-8-6-7-9-12)14(17)16-10-11(3)15-5-2/h11-13,15H,4-10H2,1-3H3,(H,16,17)/t11-,13?/m1/s1. The third-order valence-electron chi connectivity index (χ3n) is 3.46. The Morgan fingerprint density at radius 2 is 2.00 bits per heavy atom. The van der Waals surface area contributed by atoms with Crippen molar-refractivity contribution in [2.24, 2.45) is 0 Å². The van der Waals surface area contributed by atoms with Crippen LogP contribution < -0.4 is 10.6 Å². The lowest BCUT2D eigenvalue weighted by atomic mass is 10.2. The third kappa shape index (κ3) is 5.36. The van der Waals surface area contributed by atoms with Crippen LogP contribution in [0.1, 0.15) is 52.9 Å². The van der Waals surface area contributed by atoms with Gasteiger partial charge < -0.3 is 15.4 Å². The Morgan fingerprint density at radius 1 is 1.33 bits per heavy atom. The molecular formula is C14H28N2O2. The Bertz CT molecular complexity index is 240. The van der Waals surface area contributed by atoms with Gasteiger partial charge in [0.25, 0.3) is 0 Å². The van der Waals surface area contributed by atoms with Crippen LogP contribution in [0.5, 0.6) is 0 Å². The van der Waals surface area contributed by atoms with Gasteiger partial charge in [0.05, 0.1) is 6.10 Å². The van der Waals surface area contributed by atoms with E-state index < -0.39 is 0 Å². The summed E-state index contributed by atoms with van der Waals surface area (Å²) in [5.41, 5.74) is 0. The third-order valence-corrected chi connectivity index (χ3v) is 3.46. The Balaban J connectivity index is 2.27. The van der Waals surface area contributed by atoms with Crippen molar-refractivity contribution in [3.05, 3.63) is 0 Å². The molecule has 0 radical (unpaired) electrons. The summed E-state index contributed by atoms with van der Waals surface area (Å²) in [5, 5.41) is 6.24. The van der Waals surface area contributed by atoms with E-state index >= 15 is 0 Å². The first kappa shape index (κ1) is 15.4. The van der Waals surface area contributed by atoms with Gasteiger partial charge in [0.1, 0.15) is 6.10 Å². The van der Waals surface area contributed by atoms with E-state index in [1.54, 1.807) is 0 Å². The van der Waals surface area contributed by atoms with E-state index in [-0.39, 0.29) is 12.0 Å². The summed E-state index contributed by atoms with van der Waals surface area (Å²) in [4.78, 5) is 12.0. The lowest BCUT2D eigenvalue weighted by Crippen LogP contribution is -2.44. The molecule has 0 saturated heterocycles. The highest BCUT2D eigenvalue weighted by Gasteiger charge is 2.24. The highest BCUT2D eigenvalue weighted by atomic mass is 16.5. The maximum atomic E-state index is 12.0. The van der Waals surface area contributed by atoms with Gasteiger partial charge in [-0.05, 0) is 32.7 Å². The molecule has 1 fully saturated rings. The number of ether oxygens (including phenoxy) is 1. The van der Waals surface area contributed by atoms with Crippen molar-refractivity contribution in [3.8, 4) is 0 Å². The summed E-state index contributed by atoms with van der Waals surface area (Å²) in [6.45, 7) is 7.73. The predicted octanol–water partition coefficient (Wildman–Crippen LogP) is 1.84. The van der Waals surface area contributed by atoms with E-state index in [2.05, 4.69) is 24.5 Å². The maximum absolute atomic E-state index is 12.0. The number of likely N-dealkylation sites (N-methyl/N-ethyl adjacent to an activating group) is 1. The number of nitrogens with one attached hydrogen (secondary N) is 2. The van der Waals surface area contributed by atoms with Crippen LogP contribution in [-0.4, -0.2) is 37.2 Å². The quantitative estimate of drug-likeness (QED) is 0.696. The van der Waals surface area contributed by atoms with Crippen molar-refractivity contribution in [2.75, 3.05) is 13.1 Å². The molecule has 106 valence electrons. The van der Waals surface area contributed by atoms with E-state index in [9.17, 15) is 4.79 Å². The van der Waals surface area contributed by atoms with Crippen LogP contribution in [0.25, 0.3) is 0 Å². The maximum Gasteiger partial charge on any atom is 0.249 e. The van der Waals surface area contributed by atoms with Crippen LogP contribution in [0.4, 0.5) is 0 Å². The molecule has 0 aromatic rings. The van der Waals surface area contributed by atoms with E-state index in [1.165, 1.54) is 12.8 Å². The number of amides is 1. The molecule has 0 aliphatic heterocycles. The number of hydrogen-bond donors (Lipinski definition) is 2. The van der Waals surface area contributed by atoms with Crippen molar-refractivity contribution < 1.29 is 9.53 Å². The van der Waals surface area contributed by atoms with Crippen LogP contribution in [-0.2, 0) is 9.53 Å². The molecule has 1 saturated carbocycles. The average molecular weight is 256 g/mol. The topological polar surface area (TPSA) is 50.4 Å². The first-order chi connectivity index (χ1) is 8.67. The van der Waals surface area contributed by atoms with Crippen molar-refractivity contribution in [3.63, 3.8) is 0 Å². The summed E-state index contributed by atoms with van der Waals surface area (Å²) in [6, 6.07) is 0.308. The van der Waals surface area contributed by atoms with Crippen LogP contribution >= 0.6 is 0 Å².